The number of nitrogens with one attached hydrogen (secondary N) is 2. The standard InChI is InChI=1S/C15H10Cl2F6N4O/c16-9-1-7(14(18,19)20)3-24-11(9)5-26-13(28)27-6-12-10(17)2-8(4-25-12)15(21,22)23/h1-4H,5-6H2,(H2,26,27,28). The summed E-state index contributed by atoms with van der Waals surface area (Å²) in [6, 6.07) is 0.570. The SMILES string of the molecule is O=C(NCc1ncc(C(F)(F)F)cc1Cl)NCc1ncc(C(F)(F)F)cc1Cl. The van der Waals surface area contributed by atoms with E-state index in [0.29, 0.717) is 24.5 Å². The van der Waals surface area contributed by atoms with Gasteiger partial charge >= 0.3 is 18.4 Å². The fourth-order valence-corrected chi connectivity index (χ4v) is 2.36. The number of carbonyl (C=O) groups excluding carboxylic acids is 1. The van der Waals surface area contributed by atoms with Gasteiger partial charge in [0.15, 0.2) is 0 Å². The van der Waals surface area contributed by atoms with E-state index < -0.39 is 29.5 Å². The molecule has 28 heavy (non-hydrogen) atoms. The summed E-state index contributed by atoms with van der Waals surface area (Å²) in [5.41, 5.74) is -2.08. The molecule has 0 spiro atoms. The van der Waals surface area contributed by atoms with Crippen LogP contribution in [0.5, 0.6) is 0 Å². The van der Waals surface area contributed by atoms with E-state index in [0.717, 1.165) is 0 Å². The van der Waals surface area contributed by atoms with Gasteiger partial charge in [0.25, 0.3) is 0 Å². The Morgan fingerprint density at radius 2 is 1.18 bits per heavy atom. The van der Waals surface area contributed by atoms with E-state index in [1.807, 2.05) is 0 Å². The summed E-state index contributed by atoms with van der Waals surface area (Å²) in [6.45, 7) is -0.562. The van der Waals surface area contributed by atoms with Crippen LogP contribution in [0.15, 0.2) is 24.5 Å². The highest BCUT2D eigenvalue weighted by Gasteiger charge is 2.32. The van der Waals surface area contributed by atoms with Crippen LogP contribution in [0.2, 0.25) is 10.0 Å². The zero-order valence-corrected chi connectivity index (χ0v) is 15.1. The third-order valence-corrected chi connectivity index (χ3v) is 3.98. The van der Waals surface area contributed by atoms with Gasteiger partial charge in [0, 0.05) is 12.4 Å². The van der Waals surface area contributed by atoms with Gasteiger partial charge in [0.2, 0.25) is 0 Å². The van der Waals surface area contributed by atoms with Crippen LogP contribution in [-0.4, -0.2) is 16.0 Å². The molecular formula is C15H10Cl2F6N4O. The molecule has 2 rings (SSSR count). The molecule has 5 nitrogen and oxygen atoms in total. The predicted octanol–water partition coefficient (Wildman–Crippen LogP) is 4.82. The minimum Gasteiger partial charge on any atom is -0.332 e. The number of alkyl halides is 6. The molecule has 0 aliphatic rings. The van der Waals surface area contributed by atoms with Gasteiger partial charge in [-0.05, 0) is 12.1 Å². The first-order valence-corrected chi connectivity index (χ1v) is 8.08. The lowest BCUT2D eigenvalue weighted by molar-refractivity contribution is -0.138. The summed E-state index contributed by atoms with van der Waals surface area (Å²) < 4.78 is 75.2. The van der Waals surface area contributed by atoms with Crippen molar-refractivity contribution in [1.29, 1.82) is 0 Å². The molecule has 0 radical (unpaired) electrons. The van der Waals surface area contributed by atoms with E-state index >= 15 is 0 Å². The minimum absolute atomic E-state index is 0.00416. The first-order chi connectivity index (χ1) is 12.9. The lowest BCUT2D eigenvalue weighted by atomic mass is 10.2. The fraction of sp³-hybridized carbons (Fsp3) is 0.267. The number of pyridine rings is 2. The smallest absolute Gasteiger partial charge is 0.332 e. The van der Waals surface area contributed by atoms with E-state index in [4.69, 9.17) is 23.2 Å². The van der Waals surface area contributed by atoms with Crippen molar-refractivity contribution in [3.8, 4) is 0 Å². The molecule has 152 valence electrons. The Morgan fingerprint density at radius 1 is 0.821 bits per heavy atom. The largest absolute Gasteiger partial charge is 0.417 e. The monoisotopic (exact) mass is 446 g/mol. The molecule has 0 bridgehead atoms. The second-order valence-corrected chi connectivity index (χ2v) is 6.15. The molecular weight excluding hydrogens is 437 g/mol. The number of halogens is 8. The molecule has 2 heterocycles. The van der Waals surface area contributed by atoms with Gasteiger partial charge in [0.05, 0.1) is 45.6 Å². The predicted molar refractivity (Wildman–Crippen MR) is 87.6 cm³/mol. The topological polar surface area (TPSA) is 66.9 Å². The first kappa shape index (κ1) is 22.0. The van der Waals surface area contributed by atoms with Gasteiger partial charge in [-0.3, -0.25) is 9.97 Å². The summed E-state index contributed by atoms with van der Waals surface area (Å²) in [7, 11) is 0. The summed E-state index contributed by atoms with van der Waals surface area (Å²) in [4.78, 5) is 18.8. The van der Waals surface area contributed by atoms with E-state index in [2.05, 4.69) is 20.6 Å². The number of aromatic nitrogens is 2. The molecule has 0 aromatic carbocycles. The molecule has 2 aromatic rings. The molecule has 13 heteroatoms. The first-order valence-electron chi connectivity index (χ1n) is 7.33. The molecule has 0 saturated carbocycles. The fourth-order valence-electron chi connectivity index (χ4n) is 1.89. The van der Waals surface area contributed by atoms with Gasteiger partial charge in [-0.15, -0.1) is 0 Å². The van der Waals surface area contributed by atoms with Crippen molar-refractivity contribution in [3.05, 3.63) is 57.1 Å². The number of urea groups is 1. The Hall–Kier alpha value is -2.27. The zero-order chi connectivity index (χ0) is 21.1. The average molecular weight is 447 g/mol. The third-order valence-electron chi connectivity index (χ3n) is 3.32. The average Bonchev–Trinajstić information content (AvgIpc) is 2.57. The Bertz CT molecular complexity index is 803. The molecule has 0 fully saturated rings. The van der Waals surface area contributed by atoms with Gasteiger partial charge in [-0.1, -0.05) is 23.2 Å². The van der Waals surface area contributed by atoms with Crippen LogP contribution in [0.1, 0.15) is 22.5 Å². The molecule has 2 amide bonds. The number of amides is 2. The maximum Gasteiger partial charge on any atom is 0.417 e. The lowest BCUT2D eigenvalue weighted by Crippen LogP contribution is -2.35. The Morgan fingerprint density at radius 3 is 1.46 bits per heavy atom. The molecule has 2 N–H and O–H groups in total. The van der Waals surface area contributed by atoms with Crippen molar-refractivity contribution in [3.63, 3.8) is 0 Å². The highest BCUT2D eigenvalue weighted by molar-refractivity contribution is 6.31. The summed E-state index contributed by atoms with van der Waals surface area (Å²) in [5.74, 6) is 0. The molecule has 2 aromatic heterocycles. The molecule has 0 unspecified atom stereocenters. The third kappa shape index (κ3) is 5.86. The van der Waals surface area contributed by atoms with Gasteiger partial charge in [-0.2, -0.15) is 26.3 Å². The second kappa shape index (κ2) is 8.39. The highest BCUT2D eigenvalue weighted by atomic mass is 35.5. The number of hydrogen-bond donors (Lipinski definition) is 2. The van der Waals surface area contributed by atoms with Gasteiger partial charge in [-0.25, -0.2) is 4.79 Å². The van der Waals surface area contributed by atoms with E-state index in [1.54, 1.807) is 0 Å². The minimum atomic E-state index is -4.60. The number of nitrogens with zero attached hydrogens (tertiary/aromatic N) is 2. The number of carbonyl (C=O) groups is 1. The molecule has 0 atom stereocenters. The van der Waals surface area contributed by atoms with Gasteiger partial charge < -0.3 is 10.6 Å². The van der Waals surface area contributed by atoms with Crippen molar-refractivity contribution in [1.82, 2.24) is 20.6 Å². The van der Waals surface area contributed by atoms with Crippen LogP contribution >= 0.6 is 23.2 Å². The quantitative estimate of drug-likeness (QED) is 0.661. The van der Waals surface area contributed by atoms with E-state index in [-0.39, 0.29) is 34.5 Å². The van der Waals surface area contributed by atoms with Crippen molar-refractivity contribution >= 4 is 29.2 Å². The maximum absolute atomic E-state index is 12.5. The highest BCUT2D eigenvalue weighted by Crippen LogP contribution is 2.32. The van der Waals surface area contributed by atoms with E-state index in [9.17, 15) is 31.1 Å². The van der Waals surface area contributed by atoms with Crippen LogP contribution in [0.4, 0.5) is 31.1 Å². The summed E-state index contributed by atoms with van der Waals surface area (Å²) >= 11 is 11.4. The normalized spacial score (nSPS) is 12.0. The van der Waals surface area contributed by atoms with Crippen LogP contribution in [0, 0.1) is 0 Å². The Balaban J connectivity index is 1.92. The molecule has 0 aliphatic heterocycles. The van der Waals surface area contributed by atoms with Crippen LogP contribution in [-0.2, 0) is 25.4 Å². The summed E-state index contributed by atoms with van der Waals surface area (Å²) in [5, 5.41) is 4.01. The van der Waals surface area contributed by atoms with Crippen molar-refractivity contribution in [2.75, 3.05) is 0 Å². The van der Waals surface area contributed by atoms with Crippen LogP contribution in [0.25, 0.3) is 0 Å². The summed E-state index contributed by atoms with van der Waals surface area (Å²) in [6.07, 6.45) is -8.05. The van der Waals surface area contributed by atoms with E-state index in [1.165, 1.54) is 0 Å². The number of rotatable bonds is 4. The second-order valence-electron chi connectivity index (χ2n) is 5.34. The molecule has 0 saturated heterocycles. The van der Waals surface area contributed by atoms with Gasteiger partial charge in [0.1, 0.15) is 0 Å². The number of hydrogen-bond acceptors (Lipinski definition) is 3. The Labute approximate surface area is 164 Å². The van der Waals surface area contributed by atoms with Crippen molar-refractivity contribution < 1.29 is 31.1 Å². The van der Waals surface area contributed by atoms with Crippen molar-refractivity contribution in [2.24, 2.45) is 0 Å². The van der Waals surface area contributed by atoms with Crippen molar-refractivity contribution in [2.45, 2.75) is 25.4 Å². The molecule has 0 aliphatic carbocycles. The zero-order valence-electron chi connectivity index (χ0n) is 13.6. The lowest BCUT2D eigenvalue weighted by Gasteiger charge is -2.12. The maximum atomic E-state index is 12.5. The van der Waals surface area contributed by atoms with Crippen LogP contribution < -0.4 is 10.6 Å². The Kier molecular flexibility index (Phi) is 6.60. The van der Waals surface area contributed by atoms with Crippen LogP contribution in [0.3, 0.4) is 0 Å².